The summed E-state index contributed by atoms with van der Waals surface area (Å²) in [5, 5.41) is 10.9. The Kier molecular flexibility index (Phi) is 6.77. The number of hydrogen-bond donors (Lipinski definition) is 1. The molecule has 0 unspecified atom stereocenters. The van der Waals surface area contributed by atoms with Crippen LogP contribution in [0, 0.1) is 48.8 Å². The van der Waals surface area contributed by atoms with E-state index in [2.05, 4.69) is 0 Å². The fourth-order valence-corrected chi connectivity index (χ4v) is 8.57. The lowest BCUT2D eigenvalue weighted by Crippen LogP contribution is -2.49. The lowest BCUT2D eigenvalue weighted by atomic mass is 9.51. The summed E-state index contributed by atoms with van der Waals surface area (Å²) >= 11 is 12.1. The molecule has 0 aromatic heterocycles. The van der Waals surface area contributed by atoms with E-state index in [0.717, 1.165) is 22.1 Å². The van der Waals surface area contributed by atoms with Crippen LogP contribution in [0.4, 0.5) is 15.8 Å². The number of amides is 4. The lowest BCUT2D eigenvalue weighted by Gasteiger charge is -2.49. The molecule has 2 heterocycles. The summed E-state index contributed by atoms with van der Waals surface area (Å²) in [6, 6.07) is 13.9. The van der Waals surface area contributed by atoms with Crippen molar-refractivity contribution in [3.8, 4) is 5.75 Å². The molecule has 0 radical (unpaired) electrons. The standard InChI is InChI=1S/C35H29Cl2FN2O5/c1-16-12-18(13-17(2)30(16)41)29-22-9-10-23-28(33(44)39(31(23)42)20-6-4-19(36)5-7-20)24(22)15-25-32(43)40(34(45)35(25,29)3)21-8-11-27(38)26(37)14-21/h4-9,11-14,23-25,28-29,41H,10,15H2,1-3H3/t23-,24+,25-,28-,29-,35+/m0/s1. The van der Waals surface area contributed by atoms with Gasteiger partial charge in [-0.3, -0.25) is 24.1 Å². The zero-order valence-corrected chi connectivity index (χ0v) is 26.2. The van der Waals surface area contributed by atoms with Crippen molar-refractivity contribution < 1.29 is 28.7 Å². The monoisotopic (exact) mass is 646 g/mol. The fourth-order valence-electron chi connectivity index (χ4n) is 8.27. The van der Waals surface area contributed by atoms with Crippen LogP contribution in [0.5, 0.6) is 5.75 Å². The third-order valence-electron chi connectivity index (χ3n) is 10.4. The topological polar surface area (TPSA) is 95.0 Å². The van der Waals surface area contributed by atoms with Gasteiger partial charge in [-0.1, -0.05) is 47.0 Å². The molecule has 7 nitrogen and oxygen atoms in total. The molecule has 3 aromatic carbocycles. The van der Waals surface area contributed by atoms with E-state index in [1.165, 1.54) is 17.0 Å². The molecular formula is C35H29Cl2FN2O5. The maximum atomic E-state index is 14.5. The summed E-state index contributed by atoms with van der Waals surface area (Å²) in [5.41, 5.74) is 2.11. The summed E-state index contributed by atoms with van der Waals surface area (Å²) in [6.07, 6.45) is 2.46. The molecule has 7 rings (SSSR count). The molecule has 6 atom stereocenters. The minimum absolute atomic E-state index is 0.136. The number of rotatable bonds is 3. The summed E-state index contributed by atoms with van der Waals surface area (Å²) in [4.78, 5) is 59.0. The van der Waals surface area contributed by atoms with Gasteiger partial charge in [0.2, 0.25) is 23.6 Å². The summed E-state index contributed by atoms with van der Waals surface area (Å²) in [6.45, 7) is 5.32. The quantitative estimate of drug-likeness (QED) is 0.247. The number of fused-ring (bicyclic) bond motifs is 4. The van der Waals surface area contributed by atoms with Crippen molar-refractivity contribution in [1.29, 1.82) is 0 Å². The van der Waals surface area contributed by atoms with Gasteiger partial charge in [-0.15, -0.1) is 0 Å². The molecular weight excluding hydrogens is 618 g/mol. The van der Waals surface area contributed by atoms with E-state index < -0.39 is 52.6 Å². The summed E-state index contributed by atoms with van der Waals surface area (Å²) in [5.74, 6) is -5.42. The number of anilines is 2. The molecule has 230 valence electrons. The number of carbonyl (C=O) groups is 4. The minimum atomic E-state index is -1.27. The molecule has 3 aromatic rings. The largest absolute Gasteiger partial charge is 0.507 e. The molecule has 0 spiro atoms. The van der Waals surface area contributed by atoms with Crippen LogP contribution in [0.2, 0.25) is 10.0 Å². The number of allylic oxidation sites excluding steroid dienone is 2. The van der Waals surface area contributed by atoms with Gasteiger partial charge in [0.25, 0.3) is 0 Å². The number of benzene rings is 3. The number of phenolic OH excluding ortho intramolecular Hbond substituents is 1. The van der Waals surface area contributed by atoms with E-state index >= 15 is 0 Å². The van der Waals surface area contributed by atoms with Gasteiger partial charge in [-0.25, -0.2) is 9.29 Å². The molecule has 2 aliphatic heterocycles. The van der Waals surface area contributed by atoms with Crippen molar-refractivity contribution in [1.82, 2.24) is 0 Å². The van der Waals surface area contributed by atoms with Crippen LogP contribution in [0.3, 0.4) is 0 Å². The van der Waals surface area contributed by atoms with Gasteiger partial charge in [0.1, 0.15) is 11.6 Å². The second-order valence-corrected chi connectivity index (χ2v) is 13.6. The average Bonchev–Trinajstić information content (AvgIpc) is 3.37. The predicted octanol–water partition coefficient (Wildman–Crippen LogP) is 6.89. The van der Waals surface area contributed by atoms with E-state index in [-0.39, 0.29) is 34.7 Å². The van der Waals surface area contributed by atoms with Gasteiger partial charge >= 0.3 is 0 Å². The van der Waals surface area contributed by atoms with Crippen LogP contribution in [0.25, 0.3) is 0 Å². The molecule has 0 bridgehead atoms. The Labute approximate surface area is 269 Å². The molecule has 3 fully saturated rings. The molecule has 1 N–H and O–H groups in total. The number of hydrogen-bond acceptors (Lipinski definition) is 5. The van der Waals surface area contributed by atoms with Crippen LogP contribution < -0.4 is 9.80 Å². The third kappa shape index (κ3) is 4.15. The lowest BCUT2D eigenvalue weighted by molar-refractivity contribution is -0.131. The Morgan fingerprint density at radius 1 is 0.844 bits per heavy atom. The molecule has 2 aliphatic carbocycles. The highest BCUT2D eigenvalue weighted by atomic mass is 35.5. The first-order valence-electron chi connectivity index (χ1n) is 14.8. The van der Waals surface area contributed by atoms with Crippen molar-refractivity contribution in [2.24, 2.45) is 29.1 Å². The number of carbonyl (C=O) groups excluding carboxylic acids is 4. The van der Waals surface area contributed by atoms with E-state index in [1.807, 2.05) is 18.2 Å². The maximum absolute atomic E-state index is 14.5. The number of aromatic hydroxyl groups is 1. The molecule has 10 heteroatoms. The second kappa shape index (κ2) is 10.3. The molecule has 1 saturated carbocycles. The van der Waals surface area contributed by atoms with Crippen LogP contribution in [0.15, 0.2) is 66.2 Å². The third-order valence-corrected chi connectivity index (χ3v) is 10.9. The first-order valence-corrected chi connectivity index (χ1v) is 15.6. The number of nitrogens with zero attached hydrogens (tertiary/aromatic N) is 2. The van der Waals surface area contributed by atoms with Gasteiger partial charge in [-0.2, -0.15) is 0 Å². The van der Waals surface area contributed by atoms with Gasteiger partial charge in [0, 0.05) is 10.9 Å². The van der Waals surface area contributed by atoms with Crippen molar-refractivity contribution >= 4 is 58.2 Å². The fraction of sp³-hybridized carbons (Fsp3) is 0.314. The Balaban J connectivity index is 1.38. The molecule has 4 amide bonds. The van der Waals surface area contributed by atoms with Crippen LogP contribution >= 0.6 is 23.2 Å². The zero-order valence-electron chi connectivity index (χ0n) is 24.7. The highest BCUT2D eigenvalue weighted by molar-refractivity contribution is 6.32. The maximum Gasteiger partial charge on any atom is 0.241 e. The Hall–Kier alpha value is -4.01. The SMILES string of the molecule is Cc1cc([C@H]2C3=CC[C@@H]4C(=O)N(c5ccc(Cl)cc5)C(=O)[C@@H]4[C@@H]3C[C@H]3C(=O)N(c4ccc(F)c(Cl)c4)C(=O)[C@@]23C)cc(C)c1O. The minimum Gasteiger partial charge on any atom is -0.507 e. The highest BCUT2D eigenvalue weighted by Gasteiger charge is 2.67. The number of phenols is 1. The highest BCUT2D eigenvalue weighted by Crippen LogP contribution is 2.64. The molecule has 4 aliphatic rings. The predicted molar refractivity (Wildman–Crippen MR) is 168 cm³/mol. The summed E-state index contributed by atoms with van der Waals surface area (Å²) in [7, 11) is 0. The van der Waals surface area contributed by atoms with Gasteiger partial charge in [0.05, 0.1) is 39.6 Å². The van der Waals surface area contributed by atoms with E-state index in [0.29, 0.717) is 28.3 Å². The van der Waals surface area contributed by atoms with Crippen LogP contribution in [-0.4, -0.2) is 28.7 Å². The van der Waals surface area contributed by atoms with Crippen LogP contribution in [-0.2, 0) is 19.2 Å². The van der Waals surface area contributed by atoms with E-state index in [9.17, 15) is 28.7 Å². The van der Waals surface area contributed by atoms with Crippen molar-refractivity contribution in [3.63, 3.8) is 0 Å². The van der Waals surface area contributed by atoms with Crippen molar-refractivity contribution in [2.45, 2.75) is 39.5 Å². The normalized spacial score (nSPS) is 29.1. The number of aryl methyl sites for hydroxylation is 2. The van der Waals surface area contributed by atoms with Gasteiger partial charge in [-0.05, 0) is 98.7 Å². The second-order valence-electron chi connectivity index (χ2n) is 12.8. The van der Waals surface area contributed by atoms with E-state index in [1.54, 1.807) is 45.0 Å². The molecule has 2 saturated heterocycles. The first kappa shape index (κ1) is 29.7. The smallest absolute Gasteiger partial charge is 0.241 e. The first-order chi connectivity index (χ1) is 21.3. The van der Waals surface area contributed by atoms with Gasteiger partial charge in [0.15, 0.2) is 0 Å². The van der Waals surface area contributed by atoms with Gasteiger partial charge < -0.3 is 5.11 Å². The Morgan fingerprint density at radius 3 is 2.13 bits per heavy atom. The number of halogens is 3. The van der Waals surface area contributed by atoms with E-state index in [4.69, 9.17) is 23.2 Å². The number of imide groups is 2. The van der Waals surface area contributed by atoms with Crippen molar-refractivity contribution in [2.75, 3.05) is 9.80 Å². The van der Waals surface area contributed by atoms with Crippen molar-refractivity contribution in [3.05, 3.63) is 98.8 Å². The Bertz CT molecular complexity index is 1850. The molecule has 45 heavy (non-hydrogen) atoms. The summed E-state index contributed by atoms with van der Waals surface area (Å²) < 4.78 is 14.1. The van der Waals surface area contributed by atoms with Crippen LogP contribution in [0.1, 0.15) is 42.4 Å². The Morgan fingerprint density at radius 2 is 1.49 bits per heavy atom. The zero-order chi connectivity index (χ0) is 32.1. The average molecular weight is 648 g/mol.